The Morgan fingerprint density at radius 3 is 2.47 bits per heavy atom. The first-order chi connectivity index (χ1) is 8.65. The van der Waals surface area contributed by atoms with Crippen molar-refractivity contribution < 1.29 is 13.2 Å². The molecule has 0 bridgehead atoms. The summed E-state index contributed by atoms with van der Waals surface area (Å²) >= 11 is 0. The monoisotopic (exact) mass is 284 g/mol. The van der Waals surface area contributed by atoms with Crippen LogP contribution in [0.4, 0.5) is 5.69 Å². The number of anilines is 1. The number of hydrogen-bond donors (Lipinski definition) is 1. The van der Waals surface area contributed by atoms with Crippen LogP contribution in [-0.4, -0.2) is 25.8 Å². The lowest BCUT2D eigenvalue weighted by Gasteiger charge is -2.22. The Labute approximate surface area is 114 Å². The molecule has 5 nitrogen and oxygen atoms in total. The van der Waals surface area contributed by atoms with Gasteiger partial charge in [-0.25, -0.2) is 8.42 Å². The molecule has 106 valence electrons. The number of nitrogens with zero attached hydrogens (tertiary/aromatic N) is 1. The molecule has 1 aliphatic rings. The number of aromatic nitrogens is 1. The summed E-state index contributed by atoms with van der Waals surface area (Å²) in [6.45, 7) is 5.97. The SMILES string of the molecule is CC(C)(C)c1ncc(OC2CC2)cc1NS(C)(=O)=O. The van der Waals surface area contributed by atoms with E-state index < -0.39 is 10.0 Å². The van der Waals surface area contributed by atoms with Crippen LogP contribution in [0.1, 0.15) is 39.3 Å². The van der Waals surface area contributed by atoms with Crippen molar-refractivity contribution in [1.82, 2.24) is 4.98 Å². The molecule has 1 N–H and O–H groups in total. The minimum Gasteiger partial charge on any atom is -0.489 e. The van der Waals surface area contributed by atoms with Crippen molar-refractivity contribution in [3.63, 3.8) is 0 Å². The van der Waals surface area contributed by atoms with E-state index in [-0.39, 0.29) is 11.5 Å². The molecule has 0 aliphatic heterocycles. The average Bonchev–Trinajstić information content (AvgIpc) is 2.97. The minimum absolute atomic E-state index is 0.245. The highest BCUT2D eigenvalue weighted by molar-refractivity contribution is 7.92. The lowest BCUT2D eigenvalue weighted by molar-refractivity contribution is 0.302. The second-order valence-electron chi connectivity index (χ2n) is 6.01. The summed E-state index contributed by atoms with van der Waals surface area (Å²) in [6, 6.07) is 1.72. The van der Waals surface area contributed by atoms with Gasteiger partial charge >= 0.3 is 0 Å². The van der Waals surface area contributed by atoms with E-state index in [1.165, 1.54) is 0 Å². The van der Waals surface area contributed by atoms with Crippen molar-refractivity contribution in [3.05, 3.63) is 18.0 Å². The van der Waals surface area contributed by atoms with Crippen molar-refractivity contribution >= 4 is 15.7 Å². The largest absolute Gasteiger partial charge is 0.489 e. The molecule has 19 heavy (non-hydrogen) atoms. The molecule has 1 aromatic rings. The van der Waals surface area contributed by atoms with Gasteiger partial charge in [0.1, 0.15) is 5.75 Å². The third-order valence-electron chi connectivity index (χ3n) is 2.70. The molecule has 1 aliphatic carbocycles. The summed E-state index contributed by atoms with van der Waals surface area (Å²) in [5.74, 6) is 0.613. The summed E-state index contributed by atoms with van der Waals surface area (Å²) in [5.41, 5.74) is 0.958. The predicted molar refractivity (Wildman–Crippen MR) is 75.1 cm³/mol. The van der Waals surface area contributed by atoms with Gasteiger partial charge in [-0.3, -0.25) is 9.71 Å². The smallest absolute Gasteiger partial charge is 0.229 e. The van der Waals surface area contributed by atoms with Crippen LogP contribution < -0.4 is 9.46 Å². The van der Waals surface area contributed by atoms with Gasteiger partial charge in [-0.15, -0.1) is 0 Å². The third-order valence-corrected chi connectivity index (χ3v) is 3.29. The fourth-order valence-electron chi connectivity index (χ4n) is 1.76. The first kappa shape index (κ1) is 14.1. The third kappa shape index (κ3) is 4.09. The minimum atomic E-state index is -3.34. The summed E-state index contributed by atoms with van der Waals surface area (Å²) in [7, 11) is -3.34. The molecular weight excluding hydrogens is 264 g/mol. The van der Waals surface area contributed by atoms with E-state index in [2.05, 4.69) is 9.71 Å². The zero-order valence-corrected chi connectivity index (χ0v) is 12.5. The number of ether oxygens (including phenoxy) is 1. The standard InChI is InChI=1S/C13H20N2O3S/c1-13(2,3)12-11(15-19(4,16)17)7-10(8-14-12)18-9-5-6-9/h7-9,15H,5-6H2,1-4H3. The quantitative estimate of drug-likeness (QED) is 0.921. The van der Waals surface area contributed by atoms with Crippen LogP contribution in [0, 0.1) is 0 Å². The molecule has 1 saturated carbocycles. The first-order valence-corrected chi connectivity index (χ1v) is 8.19. The number of sulfonamides is 1. The maximum Gasteiger partial charge on any atom is 0.229 e. The summed E-state index contributed by atoms with van der Waals surface area (Å²) in [6.07, 6.45) is 5.15. The lowest BCUT2D eigenvalue weighted by atomic mass is 9.90. The second-order valence-corrected chi connectivity index (χ2v) is 7.76. The van der Waals surface area contributed by atoms with E-state index in [0.29, 0.717) is 17.1 Å². The van der Waals surface area contributed by atoms with Crippen LogP contribution >= 0.6 is 0 Å². The van der Waals surface area contributed by atoms with E-state index >= 15 is 0 Å². The van der Waals surface area contributed by atoms with E-state index in [4.69, 9.17) is 4.74 Å². The molecule has 0 saturated heterocycles. The Kier molecular flexibility index (Phi) is 3.47. The molecule has 6 heteroatoms. The molecule has 1 heterocycles. The number of nitrogens with one attached hydrogen (secondary N) is 1. The van der Waals surface area contributed by atoms with Crippen LogP contribution in [0.3, 0.4) is 0 Å². The van der Waals surface area contributed by atoms with Gasteiger partial charge in [0, 0.05) is 11.5 Å². The van der Waals surface area contributed by atoms with Gasteiger partial charge in [0.2, 0.25) is 10.0 Å². The summed E-state index contributed by atoms with van der Waals surface area (Å²) < 4.78 is 31.1. The van der Waals surface area contributed by atoms with Crippen molar-refractivity contribution in [2.24, 2.45) is 0 Å². The Morgan fingerprint density at radius 1 is 1.37 bits per heavy atom. The molecule has 0 amide bonds. The van der Waals surface area contributed by atoms with Crippen LogP contribution in [0.25, 0.3) is 0 Å². The van der Waals surface area contributed by atoms with Gasteiger partial charge in [0.05, 0.1) is 29.9 Å². The maximum absolute atomic E-state index is 11.4. The highest BCUT2D eigenvalue weighted by Gasteiger charge is 2.26. The molecule has 2 rings (SSSR count). The normalized spacial score (nSPS) is 16.2. The van der Waals surface area contributed by atoms with Gasteiger partial charge in [-0.2, -0.15) is 0 Å². The molecule has 1 aromatic heterocycles. The Bertz CT molecular complexity index is 572. The molecule has 0 atom stereocenters. The Morgan fingerprint density at radius 2 is 2.00 bits per heavy atom. The van der Waals surface area contributed by atoms with Gasteiger partial charge in [0.25, 0.3) is 0 Å². The van der Waals surface area contributed by atoms with Crippen LogP contribution in [-0.2, 0) is 15.4 Å². The highest BCUT2D eigenvalue weighted by atomic mass is 32.2. The van der Waals surface area contributed by atoms with Gasteiger partial charge in [-0.05, 0) is 12.8 Å². The van der Waals surface area contributed by atoms with Gasteiger partial charge < -0.3 is 4.74 Å². The van der Waals surface area contributed by atoms with Crippen molar-refractivity contribution in [2.75, 3.05) is 11.0 Å². The second kappa shape index (κ2) is 4.67. The number of hydrogen-bond acceptors (Lipinski definition) is 4. The Hall–Kier alpha value is -1.30. The number of pyridine rings is 1. The molecule has 0 unspecified atom stereocenters. The van der Waals surface area contributed by atoms with E-state index in [1.807, 2.05) is 20.8 Å². The number of rotatable bonds is 4. The fourth-order valence-corrected chi connectivity index (χ4v) is 2.32. The zero-order valence-electron chi connectivity index (χ0n) is 11.7. The van der Waals surface area contributed by atoms with E-state index in [0.717, 1.165) is 19.1 Å². The molecule has 0 radical (unpaired) electrons. The first-order valence-electron chi connectivity index (χ1n) is 6.30. The average molecular weight is 284 g/mol. The molecular formula is C13H20N2O3S. The summed E-state index contributed by atoms with van der Waals surface area (Å²) in [4.78, 5) is 4.36. The van der Waals surface area contributed by atoms with E-state index in [1.54, 1.807) is 12.3 Å². The fraction of sp³-hybridized carbons (Fsp3) is 0.615. The maximum atomic E-state index is 11.4. The molecule has 0 aromatic carbocycles. The topological polar surface area (TPSA) is 68.3 Å². The summed E-state index contributed by atoms with van der Waals surface area (Å²) in [5, 5.41) is 0. The van der Waals surface area contributed by atoms with E-state index in [9.17, 15) is 8.42 Å². The highest BCUT2D eigenvalue weighted by Crippen LogP contribution is 2.33. The predicted octanol–water partition coefficient (Wildman–Crippen LogP) is 2.29. The van der Waals surface area contributed by atoms with Crippen molar-refractivity contribution in [1.29, 1.82) is 0 Å². The lowest BCUT2D eigenvalue weighted by Crippen LogP contribution is -2.19. The zero-order chi connectivity index (χ0) is 14.3. The molecule has 0 spiro atoms. The van der Waals surface area contributed by atoms with Gasteiger partial charge in [0.15, 0.2) is 0 Å². The Balaban J connectivity index is 2.37. The van der Waals surface area contributed by atoms with Crippen molar-refractivity contribution in [3.8, 4) is 5.75 Å². The van der Waals surface area contributed by atoms with Crippen LogP contribution in [0.15, 0.2) is 12.3 Å². The van der Waals surface area contributed by atoms with Crippen LogP contribution in [0.2, 0.25) is 0 Å². The van der Waals surface area contributed by atoms with Crippen molar-refractivity contribution in [2.45, 2.75) is 45.1 Å². The van der Waals surface area contributed by atoms with Crippen LogP contribution in [0.5, 0.6) is 5.75 Å². The van der Waals surface area contributed by atoms with Gasteiger partial charge in [-0.1, -0.05) is 20.8 Å². The molecule has 1 fully saturated rings.